The van der Waals surface area contributed by atoms with E-state index in [2.05, 4.69) is 28.2 Å². The van der Waals surface area contributed by atoms with Gasteiger partial charge in [-0.05, 0) is 49.7 Å². The van der Waals surface area contributed by atoms with Crippen molar-refractivity contribution in [1.29, 1.82) is 0 Å². The number of Topliss-reactive ketones (excluding diaryl/α,β-unsaturated/α-hetero) is 1. The maximum Gasteiger partial charge on any atom is 0.136 e. The standard InChI is InChI=1S/C24H33N3O/c1-17-8-5-6-12-20(17)22(28)14-13-21-23(18-9-3-2-4-10-18)24(27-26-21)19-11-7-15-25-16-19/h7,11,15-18,20,23H,2-6,8-10,12-14H2,1H3. The maximum absolute atomic E-state index is 12.9. The molecule has 0 aromatic carbocycles. The van der Waals surface area contributed by atoms with Crippen LogP contribution in [-0.2, 0) is 4.79 Å². The molecule has 2 saturated carbocycles. The molecule has 2 heterocycles. The second-order valence-electron chi connectivity index (χ2n) is 9.03. The highest BCUT2D eigenvalue weighted by molar-refractivity contribution is 6.18. The quantitative estimate of drug-likeness (QED) is 0.645. The summed E-state index contributed by atoms with van der Waals surface area (Å²) in [6.07, 6.45) is 16.3. The monoisotopic (exact) mass is 379 g/mol. The third kappa shape index (κ3) is 4.26. The molecule has 1 aromatic heterocycles. The molecule has 4 nitrogen and oxygen atoms in total. The zero-order valence-electron chi connectivity index (χ0n) is 17.1. The molecule has 4 heteroatoms. The first-order valence-electron chi connectivity index (χ1n) is 11.3. The summed E-state index contributed by atoms with van der Waals surface area (Å²) in [7, 11) is 0. The number of aromatic nitrogens is 1. The van der Waals surface area contributed by atoms with Crippen LogP contribution in [0.3, 0.4) is 0 Å². The van der Waals surface area contributed by atoms with Gasteiger partial charge >= 0.3 is 0 Å². The Kier molecular flexibility index (Phi) is 6.33. The molecule has 28 heavy (non-hydrogen) atoms. The third-order valence-corrected chi connectivity index (χ3v) is 7.17. The van der Waals surface area contributed by atoms with Crippen LogP contribution in [0.1, 0.15) is 83.1 Å². The zero-order valence-corrected chi connectivity index (χ0v) is 17.1. The summed E-state index contributed by atoms with van der Waals surface area (Å²) < 4.78 is 0. The van der Waals surface area contributed by atoms with E-state index in [0.29, 0.717) is 24.0 Å². The Hall–Kier alpha value is -1.84. The lowest BCUT2D eigenvalue weighted by atomic mass is 9.73. The van der Waals surface area contributed by atoms with Gasteiger partial charge < -0.3 is 0 Å². The van der Waals surface area contributed by atoms with Gasteiger partial charge in [-0.2, -0.15) is 10.2 Å². The van der Waals surface area contributed by atoms with Gasteiger partial charge in [-0.3, -0.25) is 9.78 Å². The van der Waals surface area contributed by atoms with Gasteiger partial charge in [-0.15, -0.1) is 0 Å². The normalized spacial score (nSPS) is 28.7. The van der Waals surface area contributed by atoms with Gasteiger partial charge in [0, 0.05) is 36.2 Å². The third-order valence-electron chi connectivity index (χ3n) is 7.17. The Morgan fingerprint density at radius 3 is 2.57 bits per heavy atom. The van der Waals surface area contributed by atoms with Crippen molar-refractivity contribution in [3.8, 4) is 0 Å². The average Bonchev–Trinajstić information content (AvgIpc) is 3.17. The minimum Gasteiger partial charge on any atom is -0.299 e. The summed E-state index contributed by atoms with van der Waals surface area (Å²) >= 11 is 0. The number of pyridine rings is 1. The number of hydrogen-bond acceptors (Lipinski definition) is 4. The lowest BCUT2D eigenvalue weighted by molar-refractivity contribution is -0.125. The van der Waals surface area contributed by atoms with Gasteiger partial charge in [0.05, 0.1) is 11.4 Å². The van der Waals surface area contributed by atoms with Crippen LogP contribution in [0.5, 0.6) is 0 Å². The van der Waals surface area contributed by atoms with Gasteiger partial charge in [0.2, 0.25) is 0 Å². The van der Waals surface area contributed by atoms with Crippen molar-refractivity contribution in [2.45, 2.75) is 77.6 Å². The van der Waals surface area contributed by atoms with E-state index < -0.39 is 0 Å². The number of rotatable bonds is 6. The number of carbonyl (C=O) groups excluding carboxylic acids is 1. The van der Waals surface area contributed by atoms with Crippen LogP contribution in [0.25, 0.3) is 0 Å². The average molecular weight is 380 g/mol. The molecule has 0 radical (unpaired) electrons. The number of nitrogens with zero attached hydrogens (tertiary/aromatic N) is 3. The summed E-state index contributed by atoms with van der Waals surface area (Å²) in [6.45, 7) is 2.25. The van der Waals surface area contributed by atoms with Crippen LogP contribution >= 0.6 is 0 Å². The predicted molar refractivity (Wildman–Crippen MR) is 114 cm³/mol. The van der Waals surface area contributed by atoms with Crippen LogP contribution in [0.15, 0.2) is 34.7 Å². The van der Waals surface area contributed by atoms with Gasteiger partial charge in [-0.25, -0.2) is 0 Å². The van der Waals surface area contributed by atoms with E-state index in [-0.39, 0.29) is 11.8 Å². The fraction of sp³-hybridized carbons (Fsp3) is 0.667. The molecule has 0 amide bonds. The first kappa shape index (κ1) is 19.5. The van der Waals surface area contributed by atoms with Gasteiger partial charge in [-0.1, -0.05) is 45.4 Å². The van der Waals surface area contributed by atoms with E-state index in [1.807, 2.05) is 12.3 Å². The molecule has 3 aliphatic rings. The number of hydrogen-bond donors (Lipinski definition) is 0. The van der Waals surface area contributed by atoms with E-state index in [9.17, 15) is 4.79 Å². The molecule has 0 spiro atoms. The lowest BCUT2D eigenvalue weighted by Crippen LogP contribution is -2.32. The largest absolute Gasteiger partial charge is 0.299 e. The Balaban J connectivity index is 1.46. The smallest absolute Gasteiger partial charge is 0.136 e. The molecule has 0 saturated heterocycles. The van der Waals surface area contributed by atoms with Gasteiger partial charge in [0.1, 0.15) is 5.78 Å². The van der Waals surface area contributed by atoms with E-state index in [4.69, 9.17) is 0 Å². The van der Waals surface area contributed by atoms with Crippen molar-refractivity contribution in [3.05, 3.63) is 30.1 Å². The Bertz CT molecular complexity index is 733. The Labute approximate surface area is 168 Å². The molecule has 0 N–H and O–H groups in total. The van der Waals surface area contributed by atoms with Crippen molar-refractivity contribution >= 4 is 17.2 Å². The van der Waals surface area contributed by atoms with Crippen LogP contribution < -0.4 is 0 Å². The van der Waals surface area contributed by atoms with E-state index in [1.165, 1.54) is 51.4 Å². The van der Waals surface area contributed by atoms with Crippen LogP contribution in [0.2, 0.25) is 0 Å². The van der Waals surface area contributed by atoms with Gasteiger partial charge in [0.15, 0.2) is 0 Å². The first-order valence-corrected chi connectivity index (χ1v) is 11.3. The van der Waals surface area contributed by atoms with Crippen LogP contribution in [-0.4, -0.2) is 22.2 Å². The molecule has 1 aliphatic heterocycles. The molecular formula is C24H33N3O. The van der Waals surface area contributed by atoms with Crippen LogP contribution in [0.4, 0.5) is 0 Å². The number of carbonyl (C=O) groups is 1. The molecule has 1 aromatic rings. The first-order chi connectivity index (χ1) is 13.7. The predicted octanol–water partition coefficient (Wildman–Crippen LogP) is 5.61. The van der Waals surface area contributed by atoms with E-state index >= 15 is 0 Å². The minimum atomic E-state index is 0.266. The molecule has 0 bridgehead atoms. The van der Waals surface area contributed by atoms with Crippen molar-refractivity contribution in [2.75, 3.05) is 0 Å². The lowest BCUT2D eigenvalue weighted by Gasteiger charge is -2.30. The molecule has 150 valence electrons. The summed E-state index contributed by atoms with van der Waals surface area (Å²) in [4.78, 5) is 17.2. The van der Waals surface area contributed by atoms with E-state index in [1.54, 1.807) is 6.20 Å². The second-order valence-corrected chi connectivity index (χ2v) is 9.03. The molecular weight excluding hydrogens is 346 g/mol. The highest BCUT2D eigenvalue weighted by Gasteiger charge is 2.36. The highest BCUT2D eigenvalue weighted by Crippen LogP contribution is 2.37. The second kappa shape index (κ2) is 9.11. The topological polar surface area (TPSA) is 54.7 Å². The molecule has 2 aliphatic carbocycles. The summed E-state index contributed by atoms with van der Waals surface area (Å²) in [6, 6.07) is 4.07. The molecule has 3 unspecified atom stereocenters. The summed E-state index contributed by atoms with van der Waals surface area (Å²) in [5.74, 6) is 2.15. The molecule has 4 rings (SSSR count). The molecule has 2 fully saturated rings. The minimum absolute atomic E-state index is 0.266. The van der Waals surface area contributed by atoms with Crippen molar-refractivity contribution in [1.82, 2.24) is 4.98 Å². The summed E-state index contributed by atoms with van der Waals surface area (Å²) in [5, 5.41) is 9.21. The van der Waals surface area contributed by atoms with E-state index in [0.717, 1.165) is 29.8 Å². The van der Waals surface area contributed by atoms with Gasteiger partial charge in [0.25, 0.3) is 0 Å². The van der Waals surface area contributed by atoms with Crippen molar-refractivity contribution < 1.29 is 4.79 Å². The maximum atomic E-state index is 12.9. The SMILES string of the molecule is CC1CCCCC1C(=O)CCC1=NN=C(c2cccnc2)C1C1CCCCC1. The van der Waals surface area contributed by atoms with Crippen LogP contribution in [0, 0.1) is 23.7 Å². The molecule has 3 atom stereocenters. The fourth-order valence-electron chi connectivity index (χ4n) is 5.55. The Morgan fingerprint density at radius 2 is 1.82 bits per heavy atom. The number of ketones is 1. The van der Waals surface area contributed by atoms with Crippen molar-refractivity contribution in [3.63, 3.8) is 0 Å². The highest BCUT2D eigenvalue weighted by atomic mass is 16.1. The summed E-state index contributed by atoms with van der Waals surface area (Å²) in [5.41, 5.74) is 3.31. The fourth-order valence-corrected chi connectivity index (χ4v) is 5.55. The van der Waals surface area contributed by atoms with Crippen molar-refractivity contribution in [2.24, 2.45) is 33.9 Å². The zero-order chi connectivity index (χ0) is 19.3. The Morgan fingerprint density at radius 1 is 1.04 bits per heavy atom.